The van der Waals surface area contributed by atoms with Crippen molar-refractivity contribution >= 4 is 17.7 Å². The van der Waals surface area contributed by atoms with Crippen molar-refractivity contribution in [3.63, 3.8) is 0 Å². The number of carboxylic acids is 1. The first kappa shape index (κ1) is 15.5. The first-order valence-corrected chi connectivity index (χ1v) is 6.27. The van der Waals surface area contributed by atoms with Gasteiger partial charge in [0.1, 0.15) is 6.54 Å². The van der Waals surface area contributed by atoms with Crippen molar-refractivity contribution in [2.45, 2.75) is 26.3 Å². The molecule has 0 saturated carbocycles. The number of carbonyl (C=O) groups excluding carboxylic acids is 1. The van der Waals surface area contributed by atoms with E-state index in [1.54, 1.807) is 31.2 Å². The maximum absolute atomic E-state index is 12.1. The van der Waals surface area contributed by atoms with Gasteiger partial charge in [0.05, 0.1) is 11.6 Å². The van der Waals surface area contributed by atoms with Crippen molar-refractivity contribution in [2.24, 2.45) is 0 Å². The quantitative estimate of drug-likeness (QED) is 0.862. The van der Waals surface area contributed by atoms with Gasteiger partial charge in [0.25, 0.3) is 0 Å². The Bertz CT molecular complexity index is 519. The molecule has 0 aromatic heterocycles. The second-order valence-corrected chi connectivity index (χ2v) is 4.40. The molecule has 6 nitrogen and oxygen atoms in total. The molecule has 0 aliphatic rings. The number of nitriles is 1. The van der Waals surface area contributed by atoms with Gasteiger partial charge in [-0.15, -0.1) is 0 Å². The molecule has 0 bridgehead atoms. The van der Waals surface area contributed by atoms with E-state index in [4.69, 9.17) is 10.4 Å². The molecule has 2 N–H and O–H groups in total. The Morgan fingerprint density at radius 2 is 2.00 bits per heavy atom. The molecular formula is C14H17N3O3. The van der Waals surface area contributed by atoms with Crippen molar-refractivity contribution in [3.05, 3.63) is 29.8 Å². The summed E-state index contributed by atoms with van der Waals surface area (Å²) >= 11 is 0. The van der Waals surface area contributed by atoms with Crippen LogP contribution in [-0.4, -0.2) is 34.6 Å². The Kier molecular flexibility index (Phi) is 5.54. The van der Waals surface area contributed by atoms with E-state index in [2.05, 4.69) is 5.32 Å². The fourth-order valence-corrected chi connectivity index (χ4v) is 1.62. The third-order valence-corrected chi connectivity index (χ3v) is 2.95. The van der Waals surface area contributed by atoms with Crippen LogP contribution in [0.3, 0.4) is 0 Å². The van der Waals surface area contributed by atoms with Crippen LogP contribution in [0.4, 0.5) is 10.5 Å². The van der Waals surface area contributed by atoms with Gasteiger partial charge in [0, 0.05) is 11.7 Å². The lowest BCUT2D eigenvalue weighted by molar-refractivity contribution is -0.138. The number of aliphatic carboxylic acids is 1. The fraction of sp³-hybridized carbons (Fsp3) is 0.357. The first-order chi connectivity index (χ1) is 9.47. The van der Waals surface area contributed by atoms with Gasteiger partial charge in [-0.3, -0.25) is 4.79 Å². The summed E-state index contributed by atoms with van der Waals surface area (Å²) in [5, 5.41) is 20.2. The van der Waals surface area contributed by atoms with Gasteiger partial charge in [-0.2, -0.15) is 5.26 Å². The fourth-order valence-electron chi connectivity index (χ4n) is 1.62. The summed E-state index contributed by atoms with van der Waals surface area (Å²) < 4.78 is 0. The lowest BCUT2D eigenvalue weighted by Crippen LogP contribution is -2.44. The van der Waals surface area contributed by atoms with Crippen LogP contribution in [0.25, 0.3) is 0 Å². The van der Waals surface area contributed by atoms with Crippen LogP contribution in [0.5, 0.6) is 0 Å². The maximum atomic E-state index is 12.1. The number of hydrogen-bond acceptors (Lipinski definition) is 3. The van der Waals surface area contributed by atoms with E-state index in [0.717, 1.165) is 0 Å². The zero-order chi connectivity index (χ0) is 15.1. The average molecular weight is 275 g/mol. The number of nitrogens with one attached hydrogen (secondary N) is 1. The van der Waals surface area contributed by atoms with Gasteiger partial charge in [-0.05, 0) is 37.6 Å². The molecule has 0 fully saturated rings. The highest BCUT2D eigenvalue weighted by Crippen LogP contribution is 2.12. The minimum absolute atomic E-state index is 0.176. The number of anilines is 1. The van der Waals surface area contributed by atoms with Gasteiger partial charge >= 0.3 is 12.0 Å². The number of urea groups is 1. The SMILES string of the molecule is CCC(C)N(CC(=O)O)C(=O)Nc1ccc(C#N)cc1. The van der Waals surface area contributed by atoms with Crippen LogP contribution >= 0.6 is 0 Å². The third-order valence-electron chi connectivity index (χ3n) is 2.95. The first-order valence-electron chi connectivity index (χ1n) is 6.27. The molecule has 1 unspecified atom stereocenters. The molecule has 1 aromatic rings. The molecule has 0 radical (unpaired) electrons. The second-order valence-electron chi connectivity index (χ2n) is 4.40. The van der Waals surface area contributed by atoms with E-state index in [1.165, 1.54) is 4.90 Å². The molecule has 1 atom stereocenters. The van der Waals surface area contributed by atoms with Gasteiger partial charge in [-0.25, -0.2) is 4.79 Å². The molecular weight excluding hydrogens is 258 g/mol. The van der Waals surface area contributed by atoms with Crippen molar-refractivity contribution in [3.8, 4) is 6.07 Å². The predicted octanol–water partition coefficient (Wildman–Crippen LogP) is 2.28. The molecule has 2 amide bonds. The predicted molar refractivity (Wildman–Crippen MR) is 74.3 cm³/mol. The largest absolute Gasteiger partial charge is 0.480 e. The Hall–Kier alpha value is -2.55. The summed E-state index contributed by atoms with van der Waals surface area (Å²) in [5.74, 6) is -1.06. The zero-order valence-electron chi connectivity index (χ0n) is 11.5. The number of carboxylic acid groups (broad SMARTS) is 1. The molecule has 1 rings (SSSR count). The monoisotopic (exact) mass is 275 g/mol. The van der Waals surface area contributed by atoms with E-state index in [1.807, 2.05) is 13.0 Å². The van der Waals surface area contributed by atoms with Crippen LogP contribution in [-0.2, 0) is 4.79 Å². The number of nitrogens with zero attached hydrogens (tertiary/aromatic N) is 2. The van der Waals surface area contributed by atoms with Crippen LogP contribution in [0, 0.1) is 11.3 Å². The van der Waals surface area contributed by atoms with E-state index < -0.39 is 12.0 Å². The van der Waals surface area contributed by atoms with Crippen LogP contribution < -0.4 is 5.32 Å². The maximum Gasteiger partial charge on any atom is 0.323 e. The lowest BCUT2D eigenvalue weighted by atomic mass is 10.2. The van der Waals surface area contributed by atoms with Crippen LogP contribution in [0.1, 0.15) is 25.8 Å². The smallest absolute Gasteiger partial charge is 0.323 e. The molecule has 0 aliphatic heterocycles. The Balaban J connectivity index is 2.79. The van der Waals surface area contributed by atoms with Crippen molar-refractivity contribution in [1.29, 1.82) is 5.26 Å². The summed E-state index contributed by atoms with van der Waals surface area (Å²) in [7, 11) is 0. The lowest BCUT2D eigenvalue weighted by Gasteiger charge is -2.27. The Labute approximate surface area is 117 Å². The van der Waals surface area contributed by atoms with Crippen LogP contribution in [0.15, 0.2) is 24.3 Å². The Morgan fingerprint density at radius 3 is 2.45 bits per heavy atom. The van der Waals surface area contributed by atoms with E-state index in [-0.39, 0.29) is 12.6 Å². The van der Waals surface area contributed by atoms with Gasteiger partial charge in [-0.1, -0.05) is 6.92 Å². The number of carbonyl (C=O) groups is 2. The van der Waals surface area contributed by atoms with E-state index in [0.29, 0.717) is 17.7 Å². The molecule has 1 aromatic carbocycles. The summed E-state index contributed by atoms with van der Waals surface area (Å²) in [6.07, 6.45) is 0.661. The molecule has 0 saturated heterocycles. The van der Waals surface area contributed by atoms with Gasteiger partial charge in [0.2, 0.25) is 0 Å². The highest BCUT2D eigenvalue weighted by atomic mass is 16.4. The highest BCUT2D eigenvalue weighted by molar-refractivity contribution is 5.91. The second kappa shape index (κ2) is 7.14. The molecule has 6 heteroatoms. The van der Waals surface area contributed by atoms with Crippen molar-refractivity contribution < 1.29 is 14.7 Å². The zero-order valence-corrected chi connectivity index (χ0v) is 11.5. The number of amides is 2. The minimum Gasteiger partial charge on any atom is -0.480 e. The molecule has 0 aliphatic carbocycles. The number of hydrogen-bond donors (Lipinski definition) is 2. The van der Waals surface area contributed by atoms with Gasteiger partial charge < -0.3 is 15.3 Å². The Morgan fingerprint density at radius 1 is 1.40 bits per heavy atom. The van der Waals surface area contributed by atoms with E-state index in [9.17, 15) is 9.59 Å². The molecule has 106 valence electrons. The van der Waals surface area contributed by atoms with Crippen molar-refractivity contribution in [2.75, 3.05) is 11.9 Å². The van der Waals surface area contributed by atoms with Crippen LogP contribution in [0.2, 0.25) is 0 Å². The van der Waals surface area contributed by atoms with E-state index >= 15 is 0 Å². The summed E-state index contributed by atoms with van der Waals surface area (Å²) in [6.45, 7) is 3.33. The normalized spacial score (nSPS) is 11.2. The van der Waals surface area contributed by atoms with Gasteiger partial charge in [0.15, 0.2) is 0 Å². The molecule has 0 spiro atoms. The summed E-state index contributed by atoms with van der Waals surface area (Å²) in [6, 6.07) is 7.71. The number of benzene rings is 1. The molecule has 0 heterocycles. The summed E-state index contributed by atoms with van der Waals surface area (Å²) in [5.41, 5.74) is 1.01. The highest BCUT2D eigenvalue weighted by Gasteiger charge is 2.21. The topological polar surface area (TPSA) is 93.4 Å². The van der Waals surface area contributed by atoms with Crippen molar-refractivity contribution in [1.82, 2.24) is 4.90 Å². The minimum atomic E-state index is -1.06. The third kappa shape index (κ3) is 4.28. The average Bonchev–Trinajstić information content (AvgIpc) is 2.44. The molecule has 20 heavy (non-hydrogen) atoms. The standard InChI is InChI=1S/C14H17N3O3/c1-3-10(2)17(9-13(18)19)14(20)16-12-6-4-11(8-15)5-7-12/h4-7,10H,3,9H2,1-2H3,(H,16,20)(H,18,19). The number of rotatable bonds is 5. The summed E-state index contributed by atoms with van der Waals surface area (Å²) in [4.78, 5) is 24.2.